The molecule has 1 aromatic carbocycles. The molecule has 6 heteroatoms. The average Bonchev–Trinajstić information content (AvgIpc) is 2.56. The lowest BCUT2D eigenvalue weighted by molar-refractivity contribution is 0.240. The van der Waals surface area contributed by atoms with E-state index in [1.165, 1.54) is 16.8 Å². The van der Waals surface area contributed by atoms with Crippen molar-refractivity contribution in [3.63, 3.8) is 0 Å². The van der Waals surface area contributed by atoms with Crippen molar-refractivity contribution in [3.8, 4) is 5.69 Å². The number of nitrogens with zero attached hydrogens (tertiary/aromatic N) is 2. The molecule has 0 bridgehead atoms. The molecule has 1 aliphatic heterocycles. The van der Waals surface area contributed by atoms with Crippen LogP contribution in [0.3, 0.4) is 0 Å². The van der Waals surface area contributed by atoms with Gasteiger partial charge in [-0.25, -0.2) is 4.79 Å². The van der Waals surface area contributed by atoms with E-state index >= 15 is 0 Å². The highest BCUT2D eigenvalue weighted by molar-refractivity contribution is 5.55. The zero-order valence-electron chi connectivity index (χ0n) is 13.9. The molecule has 0 atom stereocenters. The summed E-state index contributed by atoms with van der Waals surface area (Å²) in [5.41, 5.74) is 2.09. The molecule has 2 aromatic rings. The van der Waals surface area contributed by atoms with Crippen molar-refractivity contribution >= 4 is 5.69 Å². The van der Waals surface area contributed by atoms with Crippen LogP contribution in [0.25, 0.3) is 5.69 Å². The monoisotopic (exact) mass is 329 g/mol. The number of anilines is 1. The first-order valence-corrected chi connectivity index (χ1v) is 8.37. The van der Waals surface area contributed by atoms with Crippen molar-refractivity contribution < 1.29 is 5.11 Å². The van der Waals surface area contributed by atoms with E-state index in [-0.39, 0.29) is 6.61 Å². The number of hydrogen-bond acceptors (Lipinski definition) is 4. The van der Waals surface area contributed by atoms with Crippen molar-refractivity contribution in [2.75, 3.05) is 24.6 Å². The number of nitrogens with one attached hydrogen (secondary N) is 1. The van der Waals surface area contributed by atoms with Gasteiger partial charge >= 0.3 is 5.69 Å². The smallest absolute Gasteiger partial charge is 0.332 e. The van der Waals surface area contributed by atoms with Crippen molar-refractivity contribution in [2.45, 2.75) is 26.2 Å². The van der Waals surface area contributed by atoms with E-state index in [0.29, 0.717) is 5.92 Å². The summed E-state index contributed by atoms with van der Waals surface area (Å²) in [6.45, 7) is 4.21. The van der Waals surface area contributed by atoms with Gasteiger partial charge in [0.15, 0.2) is 0 Å². The Morgan fingerprint density at radius 2 is 1.96 bits per heavy atom. The zero-order valence-corrected chi connectivity index (χ0v) is 13.9. The summed E-state index contributed by atoms with van der Waals surface area (Å²) in [5, 5.41) is 9.05. The minimum Gasteiger partial charge on any atom is -0.396 e. The third kappa shape index (κ3) is 3.43. The van der Waals surface area contributed by atoms with Crippen molar-refractivity contribution in [3.05, 3.63) is 56.9 Å². The molecular weight excluding hydrogens is 306 g/mol. The fourth-order valence-corrected chi connectivity index (χ4v) is 3.38. The highest BCUT2D eigenvalue weighted by Crippen LogP contribution is 2.27. The highest BCUT2D eigenvalue weighted by atomic mass is 16.3. The molecule has 0 amide bonds. The van der Waals surface area contributed by atoms with Gasteiger partial charge in [0.1, 0.15) is 0 Å². The normalized spacial score (nSPS) is 15.7. The molecule has 2 heterocycles. The lowest BCUT2D eigenvalue weighted by Gasteiger charge is -2.33. The lowest BCUT2D eigenvalue weighted by atomic mass is 9.93. The fourth-order valence-electron chi connectivity index (χ4n) is 3.38. The Kier molecular flexibility index (Phi) is 4.85. The summed E-state index contributed by atoms with van der Waals surface area (Å²) in [6.07, 6.45) is 4.59. The van der Waals surface area contributed by atoms with Gasteiger partial charge in [0.05, 0.1) is 5.69 Å². The molecule has 3 rings (SSSR count). The van der Waals surface area contributed by atoms with Crippen LogP contribution in [0, 0.1) is 12.8 Å². The molecule has 1 aliphatic rings. The van der Waals surface area contributed by atoms with Gasteiger partial charge in [-0.2, -0.15) is 0 Å². The Balaban J connectivity index is 1.80. The Morgan fingerprint density at radius 1 is 1.21 bits per heavy atom. The van der Waals surface area contributed by atoms with Crippen LogP contribution in [-0.2, 0) is 0 Å². The number of aromatic nitrogens is 2. The molecule has 24 heavy (non-hydrogen) atoms. The maximum Gasteiger partial charge on any atom is 0.332 e. The van der Waals surface area contributed by atoms with Gasteiger partial charge in [-0.15, -0.1) is 0 Å². The van der Waals surface area contributed by atoms with Gasteiger partial charge in [0.25, 0.3) is 5.56 Å². The molecule has 0 saturated carbocycles. The maximum absolute atomic E-state index is 12.0. The number of H-pyrrole nitrogens is 1. The van der Waals surface area contributed by atoms with Crippen molar-refractivity contribution in [1.82, 2.24) is 9.55 Å². The minimum atomic E-state index is -0.428. The molecule has 2 N–H and O–H groups in total. The standard InChI is InChI=1S/C18H23N3O3/c1-13-12-15(20-8-4-14(5-9-20)7-11-22)2-3-16(13)21-10-6-17(23)19-18(21)24/h2-3,6,10,12,14,22H,4-5,7-9,11H2,1H3,(H,19,23,24). The Bertz CT molecular complexity index is 817. The van der Waals surface area contributed by atoms with Gasteiger partial charge in [-0.3, -0.25) is 14.3 Å². The van der Waals surface area contributed by atoms with E-state index in [2.05, 4.69) is 16.0 Å². The third-order valence-electron chi connectivity index (χ3n) is 4.78. The van der Waals surface area contributed by atoms with Crippen LogP contribution < -0.4 is 16.1 Å². The summed E-state index contributed by atoms with van der Waals surface area (Å²) in [6, 6.07) is 7.37. The second-order valence-corrected chi connectivity index (χ2v) is 6.39. The topological polar surface area (TPSA) is 78.3 Å². The predicted octanol–water partition coefficient (Wildman–Crippen LogP) is 1.43. The molecule has 0 aliphatic carbocycles. The molecule has 6 nitrogen and oxygen atoms in total. The maximum atomic E-state index is 12.0. The zero-order chi connectivity index (χ0) is 17.1. The Labute approximate surface area is 140 Å². The number of aliphatic hydroxyl groups excluding tert-OH is 1. The highest BCUT2D eigenvalue weighted by Gasteiger charge is 2.19. The van der Waals surface area contributed by atoms with Crippen LogP contribution in [0.1, 0.15) is 24.8 Å². The molecular formula is C18H23N3O3. The van der Waals surface area contributed by atoms with Gasteiger partial charge in [-0.1, -0.05) is 0 Å². The van der Waals surface area contributed by atoms with Gasteiger partial charge < -0.3 is 10.0 Å². The number of piperidine rings is 1. The molecule has 1 fully saturated rings. The summed E-state index contributed by atoms with van der Waals surface area (Å²) in [7, 11) is 0. The van der Waals surface area contributed by atoms with E-state index < -0.39 is 11.2 Å². The SMILES string of the molecule is Cc1cc(N2CCC(CCO)CC2)ccc1-n1ccc(=O)[nH]c1=O. The third-order valence-corrected chi connectivity index (χ3v) is 4.78. The van der Waals surface area contributed by atoms with Gasteiger partial charge in [-0.05, 0) is 55.9 Å². The Morgan fingerprint density at radius 3 is 2.58 bits per heavy atom. The quantitative estimate of drug-likeness (QED) is 0.889. The van der Waals surface area contributed by atoms with Crippen LogP contribution in [0.2, 0.25) is 0 Å². The van der Waals surface area contributed by atoms with Crippen LogP contribution in [0.15, 0.2) is 40.1 Å². The molecule has 1 aromatic heterocycles. The van der Waals surface area contributed by atoms with Crippen LogP contribution in [0.5, 0.6) is 0 Å². The van der Waals surface area contributed by atoms with Crippen LogP contribution in [-0.4, -0.2) is 34.4 Å². The van der Waals surface area contributed by atoms with E-state index in [1.54, 1.807) is 0 Å². The van der Waals surface area contributed by atoms with Crippen molar-refractivity contribution in [2.24, 2.45) is 5.92 Å². The summed E-state index contributed by atoms with van der Waals surface area (Å²) < 4.78 is 1.45. The summed E-state index contributed by atoms with van der Waals surface area (Å²) in [5.74, 6) is 0.617. The number of rotatable bonds is 4. The van der Waals surface area contributed by atoms with E-state index in [4.69, 9.17) is 5.11 Å². The van der Waals surface area contributed by atoms with Crippen LogP contribution in [0.4, 0.5) is 5.69 Å². The minimum absolute atomic E-state index is 0.270. The largest absolute Gasteiger partial charge is 0.396 e. The number of aromatic amines is 1. The first kappa shape index (κ1) is 16.5. The predicted molar refractivity (Wildman–Crippen MR) is 94.0 cm³/mol. The first-order chi connectivity index (χ1) is 11.6. The Hall–Kier alpha value is -2.34. The van der Waals surface area contributed by atoms with E-state index in [0.717, 1.165) is 49.3 Å². The number of aliphatic hydroxyl groups is 1. The van der Waals surface area contributed by atoms with Gasteiger partial charge in [0.2, 0.25) is 0 Å². The number of aryl methyl sites for hydroxylation is 1. The first-order valence-electron chi connectivity index (χ1n) is 8.37. The molecule has 0 spiro atoms. The lowest BCUT2D eigenvalue weighted by Crippen LogP contribution is -2.34. The van der Waals surface area contributed by atoms with Gasteiger partial charge in [0, 0.05) is 37.6 Å². The van der Waals surface area contributed by atoms with E-state index in [1.807, 2.05) is 19.1 Å². The molecule has 0 radical (unpaired) electrons. The fraction of sp³-hybridized carbons (Fsp3) is 0.444. The second kappa shape index (κ2) is 7.05. The average molecular weight is 329 g/mol. The van der Waals surface area contributed by atoms with Crippen LogP contribution >= 0.6 is 0 Å². The summed E-state index contributed by atoms with van der Waals surface area (Å²) in [4.78, 5) is 27.8. The second-order valence-electron chi connectivity index (χ2n) is 6.39. The molecule has 0 unspecified atom stereocenters. The number of benzene rings is 1. The number of hydrogen-bond donors (Lipinski definition) is 2. The van der Waals surface area contributed by atoms with E-state index in [9.17, 15) is 9.59 Å². The summed E-state index contributed by atoms with van der Waals surface area (Å²) >= 11 is 0. The molecule has 128 valence electrons. The molecule has 1 saturated heterocycles. The van der Waals surface area contributed by atoms with Crippen molar-refractivity contribution in [1.29, 1.82) is 0 Å².